The standard InChI is InChI=1S/C27H33N3O/c1-19-5-4-6-21(15-19)24(16-27(31)29-22-11-13-28-14-12-22)25-18-30(17-20-9-10-20)26-8-3-2-7-23(25)26/h2-8,15,18,20,22,24,28H,9-14,16-17H2,1H3,(H,29,31). The van der Waals surface area contributed by atoms with Crippen molar-refractivity contribution in [1.29, 1.82) is 0 Å². The minimum atomic E-state index is 0.0620. The normalized spacial score (nSPS) is 18.2. The van der Waals surface area contributed by atoms with Gasteiger partial charge >= 0.3 is 0 Å². The molecule has 5 rings (SSSR count). The Morgan fingerprint density at radius 2 is 1.90 bits per heavy atom. The second-order valence-electron chi connectivity index (χ2n) is 9.46. The first-order valence-electron chi connectivity index (χ1n) is 11.8. The number of aryl methyl sites for hydroxylation is 1. The number of rotatable bonds is 7. The van der Waals surface area contributed by atoms with Crippen molar-refractivity contribution in [3.63, 3.8) is 0 Å². The van der Waals surface area contributed by atoms with E-state index in [4.69, 9.17) is 0 Å². The molecule has 0 radical (unpaired) electrons. The van der Waals surface area contributed by atoms with Crippen molar-refractivity contribution in [3.05, 3.63) is 71.4 Å². The number of nitrogens with one attached hydrogen (secondary N) is 2. The van der Waals surface area contributed by atoms with Gasteiger partial charge in [-0.2, -0.15) is 0 Å². The number of piperidine rings is 1. The van der Waals surface area contributed by atoms with E-state index in [1.54, 1.807) is 0 Å². The maximum absolute atomic E-state index is 13.1. The molecule has 2 aliphatic rings. The van der Waals surface area contributed by atoms with E-state index in [0.29, 0.717) is 12.5 Å². The van der Waals surface area contributed by atoms with Crippen LogP contribution in [0, 0.1) is 12.8 Å². The van der Waals surface area contributed by atoms with Gasteiger partial charge in [-0.05, 0) is 68.8 Å². The van der Waals surface area contributed by atoms with Crippen molar-refractivity contribution in [2.24, 2.45) is 5.92 Å². The molecule has 1 aromatic heterocycles. The fourth-order valence-corrected chi connectivity index (χ4v) is 5.01. The highest BCUT2D eigenvalue weighted by atomic mass is 16.1. The maximum Gasteiger partial charge on any atom is 0.221 e. The van der Waals surface area contributed by atoms with Gasteiger partial charge in [-0.3, -0.25) is 4.79 Å². The van der Waals surface area contributed by atoms with Crippen molar-refractivity contribution >= 4 is 16.8 Å². The summed E-state index contributed by atoms with van der Waals surface area (Å²) in [6.07, 6.45) is 7.52. The SMILES string of the molecule is Cc1cccc(C(CC(=O)NC2CCNCC2)c2cn(CC3CC3)c3ccccc23)c1. The minimum absolute atomic E-state index is 0.0620. The van der Waals surface area contributed by atoms with Gasteiger partial charge in [0.25, 0.3) is 0 Å². The lowest BCUT2D eigenvalue weighted by molar-refractivity contribution is -0.122. The molecule has 1 aliphatic carbocycles. The number of para-hydroxylation sites is 1. The maximum atomic E-state index is 13.1. The monoisotopic (exact) mass is 415 g/mol. The zero-order valence-corrected chi connectivity index (χ0v) is 18.4. The van der Waals surface area contributed by atoms with Crippen LogP contribution in [-0.2, 0) is 11.3 Å². The van der Waals surface area contributed by atoms with Gasteiger partial charge in [0.05, 0.1) is 0 Å². The van der Waals surface area contributed by atoms with E-state index >= 15 is 0 Å². The summed E-state index contributed by atoms with van der Waals surface area (Å²) in [6.45, 7) is 5.19. The Kier molecular flexibility index (Phi) is 5.82. The Labute approximate surface area is 185 Å². The Balaban J connectivity index is 1.49. The highest BCUT2D eigenvalue weighted by Gasteiger charge is 2.27. The van der Waals surface area contributed by atoms with Crippen LogP contribution in [0.1, 0.15) is 54.7 Å². The fraction of sp³-hybridized carbons (Fsp3) is 0.444. The summed E-state index contributed by atoms with van der Waals surface area (Å²) in [6, 6.07) is 17.7. The van der Waals surface area contributed by atoms with E-state index in [9.17, 15) is 4.79 Å². The first-order valence-corrected chi connectivity index (χ1v) is 11.8. The van der Waals surface area contributed by atoms with Gasteiger partial charge in [0.2, 0.25) is 5.91 Å². The van der Waals surface area contributed by atoms with E-state index in [-0.39, 0.29) is 11.8 Å². The number of carbonyl (C=O) groups excluding carboxylic acids is 1. The average molecular weight is 416 g/mol. The Morgan fingerprint density at radius 3 is 2.68 bits per heavy atom. The van der Waals surface area contributed by atoms with Gasteiger partial charge in [0.15, 0.2) is 0 Å². The van der Waals surface area contributed by atoms with E-state index < -0.39 is 0 Å². The smallest absolute Gasteiger partial charge is 0.221 e. The van der Waals surface area contributed by atoms with Gasteiger partial charge in [-0.1, -0.05) is 48.0 Å². The lowest BCUT2D eigenvalue weighted by atomic mass is 9.87. The lowest BCUT2D eigenvalue weighted by Gasteiger charge is -2.25. The minimum Gasteiger partial charge on any atom is -0.353 e. The zero-order chi connectivity index (χ0) is 21.2. The number of amides is 1. The zero-order valence-electron chi connectivity index (χ0n) is 18.4. The van der Waals surface area contributed by atoms with Crippen LogP contribution in [0.4, 0.5) is 0 Å². The van der Waals surface area contributed by atoms with Crippen molar-refractivity contribution < 1.29 is 4.79 Å². The summed E-state index contributed by atoms with van der Waals surface area (Å²) in [4.78, 5) is 13.1. The van der Waals surface area contributed by atoms with E-state index in [0.717, 1.165) is 38.4 Å². The van der Waals surface area contributed by atoms with Crippen molar-refractivity contribution in [1.82, 2.24) is 15.2 Å². The largest absolute Gasteiger partial charge is 0.353 e. The first kappa shape index (κ1) is 20.3. The predicted molar refractivity (Wildman–Crippen MR) is 126 cm³/mol. The Hall–Kier alpha value is -2.59. The molecule has 4 nitrogen and oxygen atoms in total. The van der Waals surface area contributed by atoms with Crippen LogP contribution in [-0.4, -0.2) is 29.6 Å². The number of nitrogens with zero attached hydrogens (tertiary/aromatic N) is 1. The molecule has 162 valence electrons. The predicted octanol–water partition coefficient (Wildman–Crippen LogP) is 4.75. The summed E-state index contributed by atoms with van der Waals surface area (Å²) in [5.41, 5.74) is 5.04. The van der Waals surface area contributed by atoms with Crippen LogP contribution >= 0.6 is 0 Å². The molecule has 0 spiro atoms. The van der Waals surface area contributed by atoms with Crippen molar-refractivity contribution in [2.75, 3.05) is 13.1 Å². The molecule has 4 heteroatoms. The summed E-state index contributed by atoms with van der Waals surface area (Å²) < 4.78 is 2.43. The van der Waals surface area contributed by atoms with Crippen LogP contribution in [0.15, 0.2) is 54.7 Å². The molecule has 31 heavy (non-hydrogen) atoms. The molecule has 2 aromatic carbocycles. The topological polar surface area (TPSA) is 46.1 Å². The summed E-state index contributed by atoms with van der Waals surface area (Å²) in [7, 11) is 0. The van der Waals surface area contributed by atoms with Gasteiger partial charge in [0.1, 0.15) is 0 Å². The van der Waals surface area contributed by atoms with E-state index in [2.05, 4.69) is 76.9 Å². The highest BCUT2D eigenvalue weighted by Crippen LogP contribution is 2.37. The highest BCUT2D eigenvalue weighted by molar-refractivity contribution is 5.86. The molecule has 1 saturated heterocycles. The summed E-state index contributed by atoms with van der Waals surface area (Å²) >= 11 is 0. The molecule has 3 aromatic rings. The van der Waals surface area contributed by atoms with Gasteiger partial charge in [0, 0.05) is 42.0 Å². The second kappa shape index (κ2) is 8.88. The number of aromatic nitrogens is 1. The molecule has 1 atom stereocenters. The lowest BCUT2D eigenvalue weighted by Crippen LogP contribution is -2.43. The third kappa shape index (κ3) is 4.69. The molecule has 1 aliphatic heterocycles. The van der Waals surface area contributed by atoms with Crippen LogP contribution in [0.5, 0.6) is 0 Å². The molecule has 1 unspecified atom stereocenters. The number of fused-ring (bicyclic) bond motifs is 1. The number of hydrogen-bond donors (Lipinski definition) is 2. The molecule has 1 saturated carbocycles. The summed E-state index contributed by atoms with van der Waals surface area (Å²) in [5, 5.41) is 7.97. The van der Waals surface area contributed by atoms with Crippen molar-refractivity contribution in [2.45, 2.75) is 57.5 Å². The molecule has 1 amide bonds. The quantitative estimate of drug-likeness (QED) is 0.585. The summed E-state index contributed by atoms with van der Waals surface area (Å²) in [5.74, 6) is 1.04. The number of benzene rings is 2. The van der Waals surface area contributed by atoms with Gasteiger partial charge < -0.3 is 15.2 Å². The van der Waals surface area contributed by atoms with E-state index in [1.807, 2.05) is 0 Å². The van der Waals surface area contributed by atoms with Gasteiger partial charge in [-0.15, -0.1) is 0 Å². The molecule has 0 bridgehead atoms. The van der Waals surface area contributed by atoms with Gasteiger partial charge in [-0.25, -0.2) is 0 Å². The third-order valence-electron chi connectivity index (χ3n) is 6.88. The molecular formula is C27H33N3O. The third-order valence-corrected chi connectivity index (χ3v) is 6.88. The molecule has 2 N–H and O–H groups in total. The van der Waals surface area contributed by atoms with Crippen LogP contribution < -0.4 is 10.6 Å². The molecular weight excluding hydrogens is 382 g/mol. The second-order valence-corrected chi connectivity index (χ2v) is 9.46. The molecule has 2 fully saturated rings. The number of hydrogen-bond acceptors (Lipinski definition) is 2. The van der Waals surface area contributed by atoms with Crippen LogP contribution in [0.2, 0.25) is 0 Å². The first-order chi connectivity index (χ1) is 15.2. The van der Waals surface area contributed by atoms with Crippen molar-refractivity contribution in [3.8, 4) is 0 Å². The Morgan fingerprint density at radius 1 is 1.10 bits per heavy atom. The molecule has 2 heterocycles. The average Bonchev–Trinajstić information content (AvgIpc) is 3.53. The fourth-order valence-electron chi connectivity index (χ4n) is 5.01. The van der Waals surface area contributed by atoms with Crippen LogP contribution in [0.3, 0.4) is 0 Å². The van der Waals surface area contributed by atoms with Crippen LogP contribution in [0.25, 0.3) is 10.9 Å². The van der Waals surface area contributed by atoms with E-state index in [1.165, 1.54) is 40.4 Å². The Bertz CT molecular complexity index is 1060. The number of carbonyl (C=O) groups is 1.